The monoisotopic (exact) mass is 919 g/mol. The minimum atomic E-state index is -4.59. The average molecular weight is 920 g/mol. The van der Waals surface area contributed by atoms with Crippen LogP contribution in [0, 0.1) is 23.5 Å². The first-order valence-corrected chi connectivity index (χ1v) is 20.7. The van der Waals surface area contributed by atoms with Gasteiger partial charge < -0.3 is 15.5 Å². The summed E-state index contributed by atoms with van der Waals surface area (Å²) >= 11 is 6.60. The number of allylic oxidation sites excluding steroid dienone is 2. The van der Waals surface area contributed by atoms with Crippen LogP contribution in [-0.2, 0) is 33.7 Å². The zero-order valence-electron chi connectivity index (χ0n) is 31.9. The third kappa shape index (κ3) is 8.14. The summed E-state index contributed by atoms with van der Waals surface area (Å²) in [6.07, 6.45) is -6.35. The summed E-state index contributed by atoms with van der Waals surface area (Å²) in [5.41, 5.74) is -0.843. The minimum Gasteiger partial charge on any atom is -0.477 e. The summed E-state index contributed by atoms with van der Waals surface area (Å²) in [7, 11) is -2.58. The molecule has 14 nitrogen and oxygen atoms in total. The lowest BCUT2D eigenvalue weighted by Crippen LogP contribution is -2.43. The number of likely N-dealkylation sites (N-methyl/N-ethyl adjacent to an activating group) is 1. The van der Waals surface area contributed by atoms with Crippen LogP contribution in [0.4, 0.5) is 39.5 Å². The van der Waals surface area contributed by atoms with Crippen LogP contribution in [0.15, 0.2) is 56.7 Å². The number of sulfonamides is 1. The van der Waals surface area contributed by atoms with Crippen molar-refractivity contribution in [3.05, 3.63) is 97.8 Å². The summed E-state index contributed by atoms with van der Waals surface area (Å²) in [6, 6.07) is 1.84. The van der Waals surface area contributed by atoms with E-state index in [-0.39, 0.29) is 39.5 Å². The van der Waals surface area contributed by atoms with Crippen LogP contribution in [-0.4, -0.2) is 81.6 Å². The topological polar surface area (TPSA) is 166 Å². The molecule has 2 N–H and O–H groups in total. The van der Waals surface area contributed by atoms with Crippen molar-refractivity contribution in [1.29, 1.82) is 0 Å². The van der Waals surface area contributed by atoms with Gasteiger partial charge in [-0.2, -0.15) is 32.0 Å². The average Bonchev–Trinajstić information content (AvgIpc) is 3.69. The van der Waals surface area contributed by atoms with Gasteiger partial charge in [0.25, 0.3) is 27.9 Å². The number of hydrogen-bond acceptors (Lipinski definition) is 9. The van der Waals surface area contributed by atoms with E-state index in [1.165, 1.54) is 24.2 Å². The standard InChI is InChI=1S/C37H31ClF9N9O5S/c1-54-29-23(5-4-21(38)27(29)33(52-54)53-62(2,59)60)56-34(50-32-18(35(56)58)3-6-25(49-32)61-8-7-36(43,44)45)22(11-15-9-16(39)12-17(40)10-15)48-24(57)14-55-30-26(28(51-55)31(41)42)19-13-20(19)37(30,46)47/h3-6,9-10,12,19-20,22,27,29,31H,7-8,11,13-14H2,1-2H3,(H,48,57)(H,52,53)/t19?,20?,22-,27?,29?/m0/s1. The maximum Gasteiger partial charge on any atom is 0.392 e. The second-order valence-electron chi connectivity index (χ2n) is 15.1. The fraction of sp³-hybridized carbons (Fsp3) is 0.405. The number of benzene rings is 1. The van der Waals surface area contributed by atoms with E-state index in [1.54, 1.807) is 0 Å². The number of hydrogen-bond donors (Lipinski definition) is 2. The molecule has 330 valence electrons. The molecule has 0 bridgehead atoms. The molecule has 4 aromatic rings. The smallest absolute Gasteiger partial charge is 0.392 e. The molecule has 3 aliphatic carbocycles. The number of carbonyl (C=O) groups is 1. The van der Waals surface area contributed by atoms with Gasteiger partial charge in [-0.3, -0.25) is 18.8 Å². The van der Waals surface area contributed by atoms with Crippen LogP contribution in [0.3, 0.4) is 0 Å². The summed E-state index contributed by atoms with van der Waals surface area (Å²) in [5.74, 6) is -11.1. The van der Waals surface area contributed by atoms with Gasteiger partial charge in [0.1, 0.15) is 41.2 Å². The van der Waals surface area contributed by atoms with Crippen molar-refractivity contribution in [2.45, 2.75) is 62.3 Å². The van der Waals surface area contributed by atoms with Crippen LogP contribution in [0.5, 0.6) is 5.88 Å². The fourth-order valence-electron chi connectivity index (χ4n) is 8.20. The van der Waals surface area contributed by atoms with Crippen LogP contribution in [0.2, 0.25) is 0 Å². The lowest BCUT2D eigenvalue weighted by Gasteiger charge is -2.31. The maximum absolute atomic E-state index is 15.5. The lowest BCUT2D eigenvalue weighted by molar-refractivity contribution is -0.139. The van der Waals surface area contributed by atoms with Gasteiger partial charge in [0.05, 0.1) is 42.7 Å². The molecule has 0 radical (unpaired) electrons. The van der Waals surface area contributed by atoms with Gasteiger partial charge in [-0.05, 0) is 48.3 Å². The van der Waals surface area contributed by atoms with Crippen molar-refractivity contribution in [3.63, 3.8) is 0 Å². The number of hydrazine groups is 1. The number of pyridine rings is 1. The van der Waals surface area contributed by atoms with E-state index in [4.69, 9.17) is 16.3 Å². The van der Waals surface area contributed by atoms with Crippen molar-refractivity contribution in [2.75, 3.05) is 19.9 Å². The molecule has 0 spiro atoms. The van der Waals surface area contributed by atoms with Crippen LogP contribution in [0.1, 0.15) is 59.6 Å². The molecule has 4 aliphatic rings. The number of amidine groups is 1. The molecular formula is C37H31ClF9N9O5S. The molecule has 1 aromatic carbocycles. The van der Waals surface area contributed by atoms with E-state index >= 15 is 8.78 Å². The van der Waals surface area contributed by atoms with Crippen molar-refractivity contribution >= 4 is 50.1 Å². The largest absolute Gasteiger partial charge is 0.477 e. The van der Waals surface area contributed by atoms with Gasteiger partial charge in [-0.25, -0.2) is 36.0 Å². The Balaban J connectivity index is 1.28. The molecule has 2 fully saturated rings. The quantitative estimate of drug-likeness (QED) is 0.171. The number of rotatable bonds is 12. The van der Waals surface area contributed by atoms with Gasteiger partial charge in [0, 0.05) is 47.8 Å². The van der Waals surface area contributed by atoms with Crippen LogP contribution in [0.25, 0.3) is 16.7 Å². The molecule has 5 atom stereocenters. The van der Waals surface area contributed by atoms with E-state index in [0.29, 0.717) is 10.7 Å². The van der Waals surface area contributed by atoms with Crippen molar-refractivity contribution in [2.24, 2.45) is 16.2 Å². The van der Waals surface area contributed by atoms with E-state index in [2.05, 4.69) is 30.2 Å². The Morgan fingerprint density at radius 1 is 1.13 bits per heavy atom. The SMILES string of the molecule is CN1NC(=NS(C)(=O)=O)C2C(Cl)=CC=C(n3c([C@H](Cc4cc(F)cc(F)c4)NC(=O)Cn4nc(C(F)F)c5c4C(F)(F)C4CC54)nc4nc(OCCC(F)(F)F)ccc4c3=O)C21. The number of halogens is 10. The normalized spacial score (nSPS) is 22.8. The Bertz CT molecular complexity index is 2770. The molecule has 62 heavy (non-hydrogen) atoms. The second-order valence-corrected chi connectivity index (χ2v) is 17.2. The van der Waals surface area contributed by atoms with Gasteiger partial charge in [-0.15, -0.1) is 4.40 Å². The minimum absolute atomic E-state index is 0.00279. The lowest BCUT2D eigenvalue weighted by atomic mass is 9.91. The molecule has 1 saturated heterocycles. The highest BCUT2D eigenvalue weighted by Crippen LogP contribution is 2.68. The summed E-state index contributed by atoms with van der Waals surface area (Å²) < 4.78 is 162. The number of fused-ring (bicyclic) bond motifs is 5. The number of carbonyl (C=O) groups excluding carboxylic acids is 1. The first kappa shape index (κ1) is 43.2. The predicted octanol–water partition coefficient (Wildman–Crippen LogP) is 5.61. The molecular weight excluding hydrogens is 889 g/mol. The highest BCUT2D eigenvalue weighted by molar-refractivity contribution is 7.89. The number of nitrogens with one attached hydrogen (secondary N) is 2. The van der Waals surface area contributed by atoms with E-state index < -0.39 is 136 Å². The molecule has 1 amide bonds. The van der Waals surface area contributed by atoms with Gasteiger partial charge in [0.2, 0.25) is 11.8 Å². The van der Waals surface area contributed by atoms with E-state index in [1.807, 2.05) is 0 Å². The summed E-state index contributed by atoms with van der Waals surface area (Å²) in [6.45, 7) is -1.95. The first-order valence-electron chi connectivity index (χ1n) is 18.5. The van der Waals surface area contributed by atoms with Crippen molar-refractivity contribution in [1.82, 2.24) is 40.1 Å². The van der Waals surface area contributed by atoms with Gasteiger partial charge in [-0.1, -0.05) is 11.6 Å². The van der Waals surface area contributed by atoms with Gasteiger partial charge in [0.15, 0.2) is 5.65 Å². The summed E-state index contributed by atoms with van der Waals surface area (Å²) in [4.78, 5) is 37.4. The zero-order chi connectivity index (χ0) is 44.8. The molecule has 8 rings (SSSR count). The number of alkyl halides is 7. The van der Waals surface area contributed by atoms with Crippen LogP contribution < -0.4 is 21.0 Å². The summed E-state index contributed by atoms with van der Waals surface area (Å²) in [5, 5.41) is 7.37. The molecule has 3 aromatic heterocycles. The zero-order valence-corrected chi connectivity index (χ0v) is 33.5. The second kappa shape index (κ2) is 15.4. The third-order valence-electron chi connectivity index (χ3n) is 10.7. The Kier molecular flexibility index (Phi) is 10.7. The molecule has 4 unspecified atom stereocenters. The van der Waals surface area contributed by atoms with Crippen molar-refractivity contribution in [3.8, 4) is 5.88 Å². The molecule has 1 saturated carbocycles. The van der Waals surface area contributed by atoms with E-state index in [9.17, 15) is 48.7 Å². The number of nitrogens with zero attached hydrogens (tertiary/aromatic N) is 7. The Morgan fingerprint density at radius 2 is 1.84 bits per heavy atom. The maximum atomic E-state index is 15.5. The van der Waals surface area contributed by atoms with E-state index in [0.717, 1.165) is 35.1 Å². The number of ether oxygens (including phenoxy) is 1. The predicted molar refractivity (Wildman–Crippen MR) is 202 cm³/mol. The number of aromatic nitrogens is 5. The number of amides is 1. The molecule has 1 aliphatic heterocycles. The van der Waals surface area contributed by atoms with Crippen LogP contribution >= 0.6 is 11.6 Å². The first-order chi connectivity index (χ1) is 29.0. The Hall–Kier alpha value is -5.49. The molecule has 25 heteroatoms. The highest BCUT2D eigenvalue weighted by Gasteiger charge is 2.67. The fourth-order valence-corrected chi connectivity index (χ4v) is 9.00. The Labute approximate surface area is 349 Å². The van der Waals surface area contributed by atoms with Crippen molar-refractivity contribution < 1.29 is 57.5 Å². The third-order valence-corrected chi connectivity index (χ3v) is 11.6. The van der Waals surface area contributed by atoms with Gasteiger partial charge >= 0.3 is 6.18 Å². The highest BCUT2D eigenvalue weighted by atomic mass is 35.5. The molecule has 4 heterocycles. The Morgan fingerprint density at radius 3 is 2.50 bits per heavy atom.